The quantitative estimate of drug-likeness (QED) is 0.133. The van der Waals surface area contributed by atoms with E-state index in [9.17, 15) is 52.0 Å². The van der Waals surface area contributed by atoms with Crippen LogP contribution >= 0.6 is 11.6 Å². The number of alkyl carbamates (subject to hydrolysis) is 1. The number of sulfone groups is 1. The molecule has 5 rings (SSSR count). The summed E-state index contributed by atoms with van der Waals surface area (Å²) >= 11 is 6.57. The number of benzene rings is 2. The Hall–Kier alpha value is -4.59. The van der Waals surface area contributed by atoms with Crippen molar-refractivity contribution in [1.82, 2.24) is 20.1 Å². The van der Waals surface area contributed by atoms with E-state index in [1.54, 1.807) is 0 Å². The Morgan fingerprint density at radius 2 is 1.54 bits per heavy atom. The molecule has 23 heteroatoms. The minimum atomic E-state index is -5.09. The summed E-state index contributed by atoms with van der Waals surface area (Å²) in [7, 11) is -13.6. The molecule has 1 amide bonds. The molecule has 61 heavy (non-hydrogen) atoms. The molecule has 0 saturated heterocycles. The molecule has 4 aromatic rings. The van der Waals surface area contributed by atoms with Gasteiger partial charge < -0.3 is 10.1 Å². The van der Waals surface area contributed by atoms with E-state index in [0.29, 0.717) is 18.6 Å². The maximum absolute atomic E-state index is 15.8. The summed E-state index contributed by atoms with van der Waals surface area (Å²) in [4.78, 5) is 18.3. The lowest BCUT2D eigenvalue weighted by Crippen LogP contribution is -2.36. The average Bonchev–Trinajstić information content (AvgIpc) is 3.60. The first kappa shape index (κ1) is 47.5. The molecule has 1 aliphatic carbocycles. The second-order valence-electron chi connectivity index (χ2n) is 16.0. The molecular weight excluding hydrogens is 900 g/mol. The van der Waals surface area contributed by atoms with Gasteiger partial charge in [0.25, 0.3) is 0 Å². The van der Waals surface area contributed by atoms with Crippen LogP contribution in [0.2, 0.25) is 5.02 Å². The Morgan fingerprint density at radius 3 is 2.07 bits per heavy atom. The number of carbonyl (C=O) groups excluding carboxylic acids is 1. The summed E-state index contributed by atoms with van der Waals surface area (Å²) in [6, 6.07) is 3.17. The first-order chi connectivity index (χ1) is 27.7. The van der Waals surface area contributed by atoms with E-state index in [2.05, 4.69) is 22.3 Å². The second kappa shape index (κ2) is 16.3. The van der Waals surface area contributed by atoms with Crippen molar-refractivity contribution in [3.05, 3.63) is 75.1 Å². The third-order valence-corrected chi connectivity index (χ3v) is 14.7. The number of aromatic nitrogens is 3. The third kappa shape index (κ3) is 10.7. The van der Waals surface area contributed by atoms with Gasteiger partial charge in [0.15, 0.2) is 15.7 Å². The van der Waals surface area contributed by atoms with Gasteiger partial charge in [0.2, 0.25) is 20.0 Å². The van der Waals surface area contributed by atoms with Gasteiger partial charge in [-0.1, -0.05) is 23.6 Å². The van der Waals surface area contributed by atoms with Crippen LogP contribution in [0.3, 0.4) is 0 Å². The van der Waals surface area contributed by atoms with Crippen molar-refractivity contribution in [1.29, 1.82) is 0 Å². The van der Waals surface area contributed by atoms with Crippen molar-refractivity contribution in [2.75, 3.05) is 22.5 Å². The molecule has 0 aliphatic heterocycles. The van der Waals surface area contributed by atoms with E-state index in [0.717, 1.165) is 24.5 Å². The van der Waals surface area contributed by atoms with E-state index >= 15 is 4.39 Å². The Balaban J connectivity index is 2.02. The molecule has 13 nitrogen and oxygen atoms in total. The minimum Gasteiger partial charge on any atom is -0.444 e. The molecular formula is C38H40ClF6N5O8S3. The number of anilines is 1. The highest BCUT2D eigenvalue weighted by Gasteiger charge is 2.40. The summed E-state index contributed by atoms with van der Waals surface area (Å²) in [6.07, 6.45) is -7.37. The third-order valence-electron chi connectivity index (χ3n) is 9.28. The monoisotopic (exact) mass is 939 g/mol. The van der Waals surface area contributed by atoms with Crippen molar-refractivity contribution in [2.45, 2.75) is 89.2 Å². The van der Waals surface area contributed by atoms with Gasteiger partial charge in [0.05, 0.1) is 40.2 Å². The first-order valence-corrected chi connectivity index (χ1v) is 24.0. The van der Waals surface area contributed by atoms with Crippen LogP contribution in [0.25, 0.3) is 22.0 Å². The summed E-state index contributed by atoms with van der Waals surface area (Å²) in [5, 5.41) is 5.37. The van der Waals surface area contributed by atoms with Gasteiger partial charge in [0.1, 0.15) is 40.4 Å². The lowest BCUT2D eigenvalue weighted by atomic mass is 9.88. The molecule has 1 N–H and O–H groups in total. The Labute approximate surface area is 353 Å². The fourth-order valence-corrected chi connectivity index (χ4v) is 10.0. The number of rotatable bonds is 10. The normalized spacial score (nSPS) is 15.6. The van der Waals surface area contributed by atoms with E-state index in [4.69, 9.17) is 21.3 Å². The van der Waals surface area contributed by atoms with Crippen molar-refractivity contribution >= 4 is 64.3 Å². The maximum atomic E-state index is 15.8. The van der Waals surface area contributed by atoms with E-state index in [-0.39, 0.29) is 47.6 Å². The van der Waals surface area contributed by atoms with Crippen LogP contribution in [0.1, 0.15) is 68.7 Å². The zero-order valence-corrected chi connectivity index (χ0v) is 37.0. The molecule has 0 fully saturated rings. The van der Waals surface area contributed by atoms with Gasteiger partial charge in [-0.2, -0.15) is 18.3 Å². The highest BCUT2D eigenvalue weighted by molar-refractivity contribution is 8.09. The SMILES string of the molecule is CC(C)(C)OC(=O)N[C@@H](Cc1cc(F)cc(F)c1)c1nc(C#CC(C)(C)S(C)(=O)=O)c2c(c1-c1ccc(Cl)c3c(N(S(C)(=O)=O)S(C)(=O)=O)nn(CC(F)(F)F)c13)C[C@H](F)C2. The van der Waals surface area contributed by atoms with Crippen LogP contribution < -0.4 is 9.03 Å². The molecule has 0 bridgehead atoms. The van der Waals surface area contributed by atoms with Crippen molar-refractivity contribution in [3.8, 4) is 23.0 Å². The van der Waals surface area contributed by atoms with Crippen LogP contribution in [0.15, 0.2) is 30.3 Å². The first-order valence-electron chi connectivity index (χ1n) is 18.0. The summed E-state index contributed by atoms with van der Waals surface area (Å²) in [5.74, 6) is 2.26. The Bertz CT molecular complexity index is 2800. The molecule has 0 radical (unpaired) electrons. The largest absolute Gasteiger partial charge is 0.444 e. The zero-order valence-electron chi connectivity index (χ0n) is 33.8. The van der Waals surface area contributed by atoms with Gasteiger partial charge in [-0.05, 0) is 81.8 Å². The van der Waals surface area contributed by atoms with E-state index in [1.807, 2.05) is 0 Å². The minimum absolute atomic E-state index is 0.0355. The Kier molecular flexibility index (Phi) is 12.7. The van der Waals surface area contributed by atoms with Crippen molar-refractivity contribution in [3.63, 3.8) is 0 Å². The fraction of sp³-hybridized carbons (Fsp3) is 0.447. The van der Waals surface area contributed by atoms with E-state index in [1.165, 1.54) is 40.7 Å². The van der Waals surface area contributed by atoms with Crippen LogP contribution in [-0.2, 0) is 60.4 Å². The van der Waals surface area contributed by atoms with Crippen LogP contribution in [0.4, 0.5) is 37.0 Å². The Morgan fingerprint density at radius 1 is 0.967 bits per heavy atom. The molecule has 0 saturated carbocycles. The number of pyridine rings is 1. The molecule has 0 spiro atoms. The number of nitrogens with one attached hydrogen (secondary N) is 1. The lowest BCUT2D eigenvalue weighted by molar-refractivity contribution is -0.141. The molecule has 2 atom stereocenters. The predicted molar refractivity (Wildman–Crippen MR) is 216 cm³/mol. The number of fused-ring (bicyclic) bond motifs is 2. The van der Waals surface area contributed by atoms with Gasteiger partial charge in [-0.25, -0.2) is 48.2 Å². The predicted octanol–water partition coefficient (Wildman–Crippen LogP) is 6.74. The van der Waals surface area contributed by atoms with Gasteiger partial charge in [-0.3, -0.25) is 4.68 Å². The molecule has 2 aromatic carbocycles. The van der Waals surface area contributed by atoms with Crippen LogP contribution in [0, 0.1) is 23.5 Å². The maximum Gasteiger partial charge on any atom is 0.408 e. The molecule has 1 aliphatic rings. The number of hydrogen-bond acceptors (Lipinski definition) is 10. The van der Waals surface area contributed by atoms with Crippen LogP contribution in [-0.4, -0.2) is 87.6 Å². The number of ether oxygens (including phenoxy) is 1. The summed E-state index contributed by atoms with van der Waals surface area (Å²) in [5.41, 5.74) is -2.70. The number of amides is 1. The number of sulfonamides is 2. The fourth-order valence-electron chi connectivity index (χ4n) is 6.68. The number of alkyl halides is 4. The highest BCUT2D eigenvalue weighted by Crippen LogP contribution is 2.46. The topological polar surface area (TPSA) is 175 Å². The number of nitrogens with zero attached hydrogens (tertiary/aromatic N) is 4. The molecule has 0 unspecified atom stereocenters. The van der Waals surface area contributed by atoms with Gasteiger partial charge in [-0.15, -0.1) is 3.71 Å². The van der Waals surface area contributed by atoms with Gasteiger partial charge >= 0.3 is 12.3 Å². The van der Waals surface area contributed by atoms with Crippen LogP contribution in [0.5, 0.6) is 0 Å². The molecule has 2 aromatic heterocycles. The number of halogens is 7. The van der Waals surface area contributed by atoms with Gasteiger partial charge in [0, 0.05) is 36.3 Å². The zero-order chi connectivity index (χ0) is 46.0. The second-order valence-corrected chi connectivity index (χ2v) is 22.9. The summed E-state index contributed by atoms with van der Waals surface area (Å²) < 4.78 is 169. The molecule has 2 heterocycles. The van der Waals surface area contributed by atoms with Crippen molar-refractivity contribution < 1.29 is 61.1 Å². The number of carbonyl (C=O) groups is 1. The standard InChI is InChI=1S/C38H40ClF6N5O8S3/c1-36(2,3)58-35(51)47-29(15-20-13-21(40)16-22(41)14-20)32-30(26-18-23(42)17-25(26)28(46-32)11-12-37(4,5)59(6,52)53)24-9-10-27(39)31-33(24)49(19-38(43,44)45)48-34(31)50(60(7,54)55)61(8,56)57/h9-10,13-14,16,23,29H,15,17-19H2,1-8H3,(H,47,51)/t23-,29+/m1/s1. The molecule has 332 valence electrons. The average molecular weight is 940 g/mol. The van der Waals surface area contributed by atoms with Crippen molar-refractivity contribution in [2.24, 2.45) is 0 Å². The number of hydrogen-bond donors (Lipinski definition) is 1. The highest BCUT2D eigenvalue weighted by atomic mass is 35.5. The summed E-state index contributed by atoms with van der Waals surface area (Å²) in [6.45, 7) is 5.24. The van der Waals surface area contributed by atoms with E-state index < -0.39 is 124 Å². The lowest BCUT2D eigenvalue weighted by Gasteiger charge is -2.27. The smallest absolute Gasteiger partial charge is 0.408 e.